The van der Waals surface area contributed by atoms with Gasteiger partial charge in [0.15, 0.2) is 11.5 Å². The number of aliphatic hydroxyl groups is 1. The molecule has 2 aromatic rings. The predicted molar refractivity (Wildman–Crippen MR) is 129 cm³/mol. The molecule has 1 spiro atoms. The van der Waals surface area contributed by atoms with Crippen LogP contribution in [0.4, 0.5) is 0 Å². The molecule has 7 heteroatoms. The first-order valence-corrected chi connectivity index (χ1v) is 13.1. The van der Waals surface area contributed by atoms with Gasteiger partial charge in [0.2, 0.25) is 5.91 Å². The fourth-order valence-corrected chi connectivity index (χ4v) is 7.62. The number of carbonyl (C=O) groups is 1. The maximum atomic E-state index is 13.4. The van der Waals surface area contributed by atoms with Gasteiger partial charge in [-0.3, -0.25) is 14.7 Å². The normalized spacial score (nSPS) is 33.1. The second-order valence-corrected chi connectivity index (χ2v) is 11.4. The summed E-state index contributed by atoms with van der Waals surface area (Å²) in [6.07, 6.45) is 6.18. The van der Waals surface area contributed by atoms with Crippen molar-refractivity contribution in [2.45, 2.75) is 68.6 Å². The van der Waals surface area contributed by atoms with Crippen LogP contribution < -0.4 is 4.74 Å². The van der Waals surface area contributed by atoms with Crippen LogP contribution in [0.15, 0.2) is 30.5 Å². The molecule has 7 rings (SSSR count). The highest BCUT2D eigenvalue weighted by atomic mass is 16.5. The fourth-order valence-electron chi connectivity index (χ4n) is 7.62. The molecule has 5 aliphatic rings. The van der Waals surface area contributed by atoms with E-state index in [0.717, 1.165) is 48.7 Å². The van der Waals surface area contributed by atoms with Gasteiger partial charge in [-0.1, -0.05) is 12.1 Å². The number of rotatable bonds is 4. The summed E-state index contributed by atoms with van der Waals surface area (Å²) in [5, 5.41) is 23.7. The van der Waals surface area contributed by atoms with E-state index in [1.54, 1.807) is 6.20 Å². The summed E-state index contributed by atoms with van der Waals surface area (Å²) in [7, 11) is 0. The van der Waals surface area contributed by atoms with Gasteiger partial charge < -0.3 is 19.8 Å². The number of piperidine rings is 1. The summed E-state index contributed by atoms with van der Waals surface area (Å²) in [6.45, 7) is 4.79. The summed E-state index contributed by atoms with van der Waals surface area (Å²) in [4.78, 5) is 22.1. The first-order chi connectivity index (χ1) is 16.9. The molecule has 0 radical (unpaired) electrons. The first-order valence-electron chi connectivity index (χ1n) is 13.1. The van der Waals surface area contributed by atoms with E-state index in [1.807, 2.05) is 30.0 Å². The van der Waals surface area contributed by atoms with Crippen molar-refractivity contribution in [1.82, 2.24) is 14.8 Å². The van der Waals surface area contributed by atoms with E-state index in [4.69, 9.17) is 4.74 Å². The van der Waals surface area contributed by atoms with Crippen molar-refractivity contribution in [3.05, 3.63) is 52.8 Å². The Morgan fingerprint density at radius 2 is 2.11 bits per heavy atom. The van der Waals surface area contributed by atoms with E-state index >= 15 is 0 Å². The number of aromatic nitrogens is 1. The number of aryl methyl sites for hydroxylation is 1. The second kappa shape index (κ2) is 7.43. The Bertz CT molecular complexity index is 1200. The van der Waals surface area contributed by atoms with Gasteiger partial charge in [-0.05, 0) is 74.8 Å². The van der Waals surface area contributed by atoms with Crippen LogP contribution in [-0.2, 0) is 23.1 Å². The second-order valence-electron chi connectivity index (χ2n) is 11.4. The smallest absolute Gasteiger partial charge is 0.228 e. The lowest BCUT2D eigenvalue weighted by Crippen LogP contribution is -2.74. The number of phenolic OH excluding ortho intramolecular Hbond substituents is 1. The highest BCUT2D eigenvalue weighted by Gasteiger charge is 2.71. The maximum absolute atomic E-state index is 13.4. The molecule has 1 aromatic carbocycles. The molecule has 1 amide bonds. The minimum atomic E-state index is -1.01. The molecular weight excluding hydrogens is 442 g/mol. The highest BCUT2D eigenvalue weighted by Crippen LogP contribution is 2.64. The van der Waals surface area contributed by atoms with Gasteiger partial charge in [0, 0.05) is 36.6 Å². The molecule has 2 N–H and O–H groups in total. The summed E-state index contributed by atoms with van der Waals surface area (Å²) in [6, 6.07) is 7.72. The zero-order chi connectivity index (χ0) is 23.9. The zero-order valence-corrected chi connectivity index (χ0v) is 20.2. The van der Waals surface area contributed by atoms with Gasteiger partial charge >= 0.3 is 0 Å². The summed E-state index contributed by atoms with van der Waals surface area (Å²) >= 11 is 0. The minimum Gasteiger partial charge on any atom is -0.504 e. The zero-order valence-electron chi connectivity index (χ0n) is 20.2. The van der Waals surface area contributed by atoms with Crippen molar-refractivity contribution in [3.8, 4) is 11.5 Å². The van der Waals surface area contributed by atoms with E-state index < -0.39 is 11.0 Å². The summed E-state index contributed by atoms with van der Waals surface area (Å²) < 4.78 is 6.56. The fraction of sp³-hybridized carbons (Fsp3) is 0.571. The Balaban J connectivity index is 1.31. The van der Waals surface area contributed by atoms with Gasteiger partial charge in [0.05, 0.1) is 24.0 Å². The average Bonchev–Trinajstić information content (AvgIpc) is 3.61. The van der Waals surface area contributed by atoms with Crippen molar-refractivity contribution in [2.75, 3.05) is 26.2 Å². The predicted octanol–water partition coefficient (Wildman–Crippen LogP) is 2.34. The number of carbonyl (C=O) groups excluding carboxylic acids is 1. The van der Waals surface area contributed by atoms with Crippen molar-refractivity contribution in [3.63, 3.8) is 0 Å². The van der Waals surface area contributed by atoms with Crippen LogP contribution in [0.2, 0.25) is 0 Å². The largest absolute Gasteiger partial charge is 0.504 e. The molecule has 2 aliphatic carbocycles. The van der Waals surface area contributed by atoms with Crippen molar-refractivity contribution < 1.29 is 19.7 Å². The van der Waals surface area contributed by atoms with Crippen molar-refractivity contribution >= 4 is 5.91 Å². The number of hydrogen-bond acceptors (Lipinski definition) is 6. The van der Waals surface area contributed by atoms with E-state index in [-0.39, 0.29) is 30.2 Å². The number of phenols is 1. The van der Waals surface area contributed by atoms with Gasteiger partial charge in [0.1, 0.15) is 6.10 Å². The number of ether oxygens (including phenoxy) is 1. The number of amides is 1. The third kappa shape index (κ3) is 2.97. The molecule has 0 unspecified atom stereocenters. The van der Waals surface area contributed by atoms with Crippen LogP contribution in [0.25, 0.3) is 0 Å². The Morgan fingerprint density at radius 1 is 1.26 bits per heavy atom. The van der Waals surface area contributed by atoms with Crippen LogP contribution in [0, 0.1) is 12.8 Å². The number of hydrogen-bond donors (Lipinski definition) is 2. The Kier molecular flexibility index (Phi) is 4.59. The molecule has 4 atom stereocenters. The van der Waals surface area contributed by atoms with Crippen molar-refractivity contribution in [1.29, 1.82) is 0 Å². The number of likely N-dealkylation sites (tertiary alicyclic amines) is 2. The third-order valence-corrected chi connectivity index (χ3v) is 9.50. The van der Waals surface area contributed by atoms with Gasteiger partial charge in [-0.25, -0.2) is 0 Å². The topological polar surface area (TPSA) is 86.1 Å². The lowest BCUT2D eigenvalue weighted by atomic mass is 9.52. The van der Waals surface area contributed by atoms with Crippen LogP contribution in [0.1, 0.15) is 48.1 Å². The lowest BCUT2D eigenvalue weighted by molar-refractivity contribution is -0.162. The summed E-state index contributed by atoms with van der Waals surface area (Å²) in [5.41, 5.74) is 2.15. The molecule has 1 saturated carbocycles. The molecule has 4 heterocycles. The molecule has 184 valence electrons. The number of benzene rings is 1. The Hall–Kier alpha value is -2.64. The van der Waals surface area contributed by atoms with Crippen LogP contribution in [0.3, 0.4) is 0 Å². The van der Waals surface area contributed by atoms with Crippen LogP contribution >= 0.6 is 0 Å². The quantitative estimate of drug-likeness (QED) is 0.706. The summed E-state index contributed by atoms with van der Waals surface area (Å²) in [5.74, 6) is 1.46. The SMILES string of the molecule is Cc1cc2c3c(c1O)O[C@H]1CN(C(=O)Cc4ccccn4)CC[C@@]4(O)[C@@H](C2)N(CC2CC2)CC[C@]314. The monoisotopic (exact) mass is 475 g/mol. The van der Waals surface area contributed by atoms with Crippen LogP contribution in [0.5, 0.6) is 11.5 Å². The Labute approximate surface area is 205 Å². The van der Waals surface area contributed by atoms with Crippen LogP contribution in [-0.4, -0.2) is 74.8 Å². The molecule has 1 aromatic heterocycles. The Morgan fingerprint density at radius 3 is 2.89 bits per heavy atom. The van der Waals surface area contributed by atoms with E-state index in [9.17, 15) is 15.0 Å². The standard InChI is InChI=1S/C28H33N3O4/c1-17-12-19-13-21-28(34)8-11-31(23(32)14-20-4-2-3-9-29-20)16-22-27(28,24(19)26(35-22)25(17)33)7-10-30(21)15-18-5-6-18/h2-4,9,12,18,21-22,33-34H,5-8,10-11,13-16H2,1H3/t21-,22+,27-,28-/m1/s1. The molecule has 3 aliphatic heterocycles. The van der Waals surface area contributed by atoms with Gasteiger partial charge in [-0.2, -0.15) is 0 Å². The molecule has 7 nitrogen and oxygen atoms in total. The van der Waals surface area contributed by atoms with Gasteiger partial charge in [-0.15, -0.1) is 0 Å². The van der Waals surface area contributed by atoms with E-state index in [2.05, 4.69) is 16.0 Å². The van der Waals surface area contributed by atoms with E-state index in [1.165, 1.54) is 18.4 Å². The highest BCUT2D eigenvalue weighted by molar-refractivity contribution is 5.78. The lowest BCUT2D eigenvalue weighted by Gasteiger charge is -2.60. The molecule has 2 bridgehead atoms. The molecule has 3 fully saturated rings. The average molecular weight is 476 g/mol. The molecule has 35 heavy (non-hydrogen) atoms. The third-order valence-electron chi connectivity index (χ3n) is 9.50. The maximum Gasteiger partial charge on any atom is 0.228 e. The van der Waals surface area contributed by atoms with Crippen molar-refractivity contribution in [2.24, 2.45) is 5.92 Å². The van der Waals surface area contributed by atoms with E-state index in [0.29, 0.717) is 25.3 Å². The minimum absolute atomic E-state index is 0.00353. The number of aromatic hydroxyl groups is 1. The number of pyridine rings is 1. The molecular formula is C28H33N3O4. The molecule has 2 saturated heterocycles. The first kappa shape index (κ1) is 21.6. The van der Waals surface area contributed by atoms with Gasteiger partial charge in [0.25, 0.3) is 0 Å². The number of nitrogens with zero attached hydrogens (tertiary/aromatic N) is 3.